The van der Waals surface area contributed by atoms with Gasteiger partial charge in [0.25, 0.3) is 0 Å². The van der Waals surface area contributed by atoms with Crippen molar-refractivity contribution in [2.45, 2.75) is 117 Å². The minimum absolute atomic E-state index is 0.0344. The normalized spacial score (nSPS) is 51.8. The molecule has 1 saturated heterocycles. The molecule has 9 atom stereocenters. The lowest BCUT2D eigenvalue weighted by atomic mass is 9.44. The summed E-state index contributed by atoms with van der Waals surface area (Å²) in [6.07, 6.45) is 14.3. The smallest absolute Gasteiger partial charge is 0.164 e. The van der Waals surface area contributed by atoms with Crippen molar-refractivity contribution >= 4 is 5.78 Å². The Hall–Kier alpha value is -0.370. The molecule has 0 aromatic carbocycles. The maximum atomic E-state index is 12.3. The molecule has 1 heterocycles. The summed E-state index contributed by atoms with van der Waals surface area (Å²) in [6, 6.07) is 0. The number of rotatable bonds is 5. The van der Waals surface area contributed by atoms with Crippen LogP contribution in [0.5, 0.6) is 0 Å². The van der Waals surface area contributed by atoms with E-state index in [0.29, 0.717) is 11.2 Å². The molecule has 0 unspecified atom stereocenters. The van der Waals surface area contributed by atoms with Gasteiger partial charge in [-0.15, -0.1) is 0 Å². The fourth-order valence-electron chi connectivity index (χ4n) is 9.52. The molecule has 0 radical (unpaired) electrons. The molecule has 0 bridgehead atoms. The topological polar surface area (TPSA) is 29.6 Å². The fourth-order valence-corrected chi connectivity index (χ4v) is 9.52. The Morgan fingerprint density at radius 2 is 1.76 bits per heavy atom. The molecular weight excluding hydrogens is 356 g/mol. The Morgan fingerprint density at radius 3 is 2.52 bits per heavy atom. The van der Waals surface area contributed by atoms with E-state index < -0.39 is 0 Å². The van der Waals surface area contributed by atoms with Gasteiger partial charge in [0.2, 0.25) is 0 Å². The first-order valence-corrected chi connectivity index (χ1v) is 12.9. The van der Waals surface area contributed by atoms with Crippen molar-refractivity contribution in [1.29, 1.82) is 0 Å². The van der Waals surface area contributed by atoms with Crippen molar-refractivity contribution in [2.75, 3.05) is 0 Å². The van der Waals surface area contributed by atoms with Crippen LogP contribution in [0.1, 0.15) is 105 Å². The second-order valence-electron chi connectivity index (χ2n) is 12.7. The summed E-state index contributed by atoms with van der Waals surface area (Å²) < 4.78 is 6.24. The lowest BCUT2D eigenvalue weighted by molar-refractivity contribution is -0.132. The first kappa shape index (κ1) is 20.5. The van der Waals surface area contributed by atoms with Crippen LogP contribution in [0.15, 0.2) is 0 Å². The SMILES string of the molecule is CC(C)CCC[C@@H](C)[C@@H]1CC[C@@H]2[C@H]3CC[C@@]45O[C@@H]4C(=O)CC[C@]5(C)[C@@H]3CC[C@]21C. The van der Waals surface area contributed by atoms with E-state index in [0.717, 1.165) is 54.8 Å². The van der Waals surface area contributed by atoms with Gasteiger partial charge in [0, 0.05) is 11.8 Å². The van der Waals surface area contributed by atoms with Crippen LogP contribution in [0.3, 0.4) is 0 Å². The number of hydrogen-bond acceptors (Lipinski definition) is 2. The van der Waals surface area contributed by atoms with E-state index in [2.05, 4.69) is 34.6 Å². The molecule has 2 heteroatoms. The van der Waals surface area contributed by atoms with Crippen molar-refractivity contribution in [3.05, 3.63) is 0 Å². The molecule has 4 aliphatic carbocycles. The van der Waals surface area contributed by atoms with Gasteiger partial charge < -0.3 is 4.74 Å². The van der Waals surface area contributed by atoms with E-state index >= 15 is 0 Å². The lowest BCUT2D eigenvalue weighted by Crippen LogP contribution is -2.58. The highest BCUT2D eigenvalue weighted by atomic mass is 16.6. The first-order valence-electron chi connectivity index (χ1n) is 12.9. The molecule has 5 aliphatic rings. The maximum absolute atomic E-state index is 12.3. The third kappa shape index (κ3) is 2.79. The van der Waals surface area contributed by atoms with Crippen LogP contribution in [0.4, 0.5) is 0 Å². The lowest BCUT2D eigenvalue weighted by Gasteiger charge is -2.59. The average Bonchev–Trinajstić information content (AvgIpc) is 3.31. The molecule has 1 aliphatic heterocycles. The highest BCUT2D eigenvalue weighted by molar-refractivity contribution is 5.88. The van der Waals surface area contributed by atoms with Crippen LogP contribution in [0.25, 0.3) is 0 Å². The van der Waals surface area contributed by atoms with E-state index in [1.54, 1.807) is 0 Å². The molecule has 0 aromatic heterocycles. The summed E-state index contributed by atoms with van der Waals surface area (Å²) in [5.41, 5.74) is 0.768. The van der Waals surface area contributed by atoms with Gasteiger partial charge >= 0.3 is 0 Å². The zero-order chi connectivity index (χ0) is 20.6. The van der Waals surface area contributed by atoms with Gasteiger partial charge in [-0.3, -0.25) is 4.79 Å². The largest absolute Gasteiger partial charge is 0.357 e. The summed E-state index contributed by atoms with van der Waals surface area (Å²) in [6.45, 7) is 12.5. The van der Waals surface area contributed by atoms with E-state index in [-0.39, 0.29) is 17.1 Å². The fraction of sp³-hybridized carbons (Fsp3) is 0.963. The van der Waals surface area contributed by atoms with Crippen molar-refractivity contribution < 1.29 is 9.53 Å². The molecule has 1 spiro atoms. The number of Topliss-reactive ketones (excluding diaryl/α,β-unsaturated/α-hetero) is 1. The molecule has 4 saturated carbocycles. The number of carbonyl (C=O) groups excluding carboxylic acids is 1. The highest BCUT2D eigenvalue weighted by Gasteiger charge is 2.76. The Morgan fingerprint density at radius 1 is 0.966 bits per heavy atom. The third-order valence-electron chi connectivity index (χ3n) is 11.2. The van der Waals surface area contributed by atoms with Crippen LogP contribution < -0.4 is 0 Å². The molecule has 5 rings (SSSR count). The predicted molar refractivity (Wildman–Crippen MR) is 118 cm³/mol. The second-order valence-corrected chi connectivity index (χ2v) is 12.7. The molecule has 29 heavy (non-hydrogen) atoms. The van der Waals surface area contributed by atoms with Gasteiger partial charge in [0.1, 0.15) is 11.7 Å². The van der Waals surface area contributed by atoms with E-state index in [4.69, 9.17) is 4.74 Å². The predicted octanol–water partition coefficient (Wildman–Crippen LogP) is 6.81. The molecule has 2 nitrogen and oxygen atoms in total. The average molecular weight is 401 g/mol. The highest BCUT2D eigenvalue weighted by Crippen LogP contribution is 2.73. The summed E-state index contributed by atoms with van der Waals surface area (Å²) in [5, 5.41) is 0. The Balaban J connectivity index is 1.32. The zero-order valence-electron chi connectivity index (χ0n) is 19.6. The van der Waals surface area contributed by atoms with Crippen LogP contribution in [-0.2, 0) is 9.53 Å². The van der Waals surface area contributed by atoms with Crippen LogP contribution in [0, 0.1) is 46.3 Å². The Bertz CT molecular complexity index is 669. The molecule has 164 valence electrons. The molecule has 0 N–H and O–H groups in total. The number of fused-ring (bicyclic) bond motifs is 4. The van der Waals surface area contributed by atoms with Gasteiger partial charge in [-0.2, -0.15) is 0 Å². The molecule has 0 amide bonds. The maximum Gasteiger partial charge on any atom is 0.164 e. The monoisotopic (exact) mass is 400 g/mol. The first-order chi connectivity index (χ1) is 13.7. The number of ether oxygens (including phenoxy) is 1. The molecule has 5 fully saturated rings. The quantitative estimate of drug-likeness (QED) is 0.474. The number of carbonyl (C=O) groups is 1. The van der Waals surface area contributed by atoms with E-state index in [1.165, 1.54) is 51.4 Å². The van der Waals surface area contributed by atoms with Gasteiger partial charge in [-0.1, -0.05) is 53.9 Å². The number of hydrogen-bond donors (Lipinski definition) is 0. The number of epoxide rings is 1. The van der Waals surface area contributed by atoms with Gasteiger partial charge in [-0.05, 0) is 85.9 Å². The van der Waals surface area contributed by atoms with Gasteiger partial charge in [0.05, 0.1) is 0 Å². The Labute approximate surface area is 178 Å². The summed E-state index contributed by atoms with van der Waals surface area (Å²) in [5.74, 6) is 5.66. The van der Waals surface area contributed by atoms with Crippen molar-refractivity contribution in [1.82, 2.24) is 0 Å². The van der Waals surface area contributed by atoms with Crippen LogP contribution in [0.2, 0.25) is 0 Å². The summed E-state index contributed by atoms with van der Waals surface area (Å²) in [7, 11) is 0. The minimum Gasteiger partial charge on any atom is -0.357 e. The van der Waals surface area contributed by atoms with Gasteiger partial charge in [-0.25, -0.2) is 0 Å². The van der Waals surface area contributed by atoms with Crippen molar-refractivity contribution in [2.24, 2.45) is 46.3 Å². The van der Waals surface area contributed by atoms with E-state index in [1.807, 2.05) is 0 Å². The summed E-state index contributed by atoms with van der Waals surface area (Å²) in [4.78, 5) is 12.3. The van der Waals surface area contributed by atoms with Gasteiger partial charge in [0.15, 0.2) is 5.78 Å². The van der Waals surface area contributed by atoms with E-state index in [9.17, 15) is 4.79 Å². The standard InChI is InChI=1S/C27H44O2/c1-17(2)7-6-8-18(3)20-9-10-21-19-11-16-27-24(29-27)23(28)13-15-26(27,5)22(19)12-14-25(20,21)4/h17-22,24H,6-16H2,1-5H3/t18-,19-,20+,21-,22-,24-,25+,26-,27-/m1/s1. The van der Waals surface area contributed by atoms with Crippen molar-refractivity contribution in [3.8, 4) is 0 Å². The molecular formula is C27H44O2. The van der Waals surface area contributed by atoms with Crippen LogP contribution >= 0.6 is 0 Å². The summed E-state index contributed by atoms with van der Waals surface area (Å²) >= 11 is 0. The van der Waals surface area contributed by atoms with Crippen molar-refractivity contribution in [3.63, 3.8) is 0 Å². The Kier molecular flexibility index (Phi) is 4.82. The molecule has 0 aromatic rings. The minimum atomic E-state index is -0.0562. The second kappa shape index (κ2) is 6.81. The third-order valence-corrected chi connectivity index (χ3v) is 11.2. The zero-order valence-corrected chi connectivity index (χ0v) is 19.6. The number of ketones is 1. The van der Waals surface area contributed by atoms with Crippen LogP contribution in [-0.4, -0.2) is 17.5 Å².